The van der Waals surface area contributed by atoms with E-state index in [4.69, 9.17) is 5.26 Å². The molecule has 2 bridgehead atoms. The maximum atomic E-state index is 12.3. The number of rotatable bonds is 3. The Morgan fingerprint density at radius 1 is 1.20 bits per heavy atom. The maximum Gasteiger partial charge on any atom is 0.271 e. The Labute approximate surface area is 145 Å². The minimum Gasteiger partial charge on any atom is -0.350 e. The first kappa shape index (κ1) is 15.5. The lowest BCUT2D eigenvalue weighted by Crippen LogP contribution is -2.50. The lowest BCUT2D eigenvalue weighted by molar-refractivity contribution is 0.0921. The van der Waals surface area contributed by atoms with Gasteiger partial charge < -0.3 is 10.2 Å². The van der Waals surface area contributed by atoms with Gasteiger partial charge in [-0.25, -0.2) is 9.97 Å². The molecular weight excluding hydrogens is 316 g/mol. The lowest BCUT2D eigenvalue weighted by atomic mass is 9.97. The molecule has 2 aromatic heterocycles. The Morgan fingerprint density at radius 2 is 2.00 bits per heavy atom. The zero-order valence-electron chi connectivity index (χ0n) is 13.7. The van der Waals surface area contributed by atoms with Crippen LogP contribution >= 0.6 is 0 Å². The van der Waals surface area contributed by atoms with Crippen molar-refractivity contribution in [1.29, 1.82) is 5.26 Å². The summed E-state index contributed by atoms with van der Waals surface area (Å²) in [5, 5.41) is 12.2. The average Bonchev–Trinajstić information content (AvgIpc) is 2.93. The van der Waals surface area contributed by atoms with Gasteiger partial charge in [0.2, 0.25) is 0 Å². The van der Waals surface area contributed by atoms with Crippen LogP contribution in [0.5, 0.6) is 0 Å². The topological polar surface area (TPSA) is 94.8 Å². The smallest absolute Gasteiger partial charge is 0.271 e. The van der Waals surface area contributed by atoms with E-state index in [1.807, 2.05) is 6.07 Å². The van der Waals surface area contributed by atoms with Crippen molar-refractivity contribution in [2.24, 2.45) is 0 Å². The number of nitriles is 1. The number of piperidine rings is 1. The zero-order valence-corrected chi connectivity index (χ0v) is 13.7. The van der Waals surface area contributed by atoms with Crippen LogP contribution in [-0.2, 0) is 0 Å². The lowest BCUT2D eigenvalue weighted by Gasteiger charge is -2.40. The second kappa shape index (κ2) is 6.48. The number of anilines is 1. The number of amides is 1. The molecule has 4 heterocycles. The maximum absolute atomic E-state index is 12.3. The average molecular weight is 334 g/mol. The van der Waals surface area contributed by atoms with Crippen LogP contribution in [-0.4, -0.2) is 39.0 Å². The number of carbonyl (C=O) groups excluding carboxylic acids is 1. The molecule has 2 atom stereocenters. The minimum atomic E-state index is -0.171. The Morgan fingerprint density at radius 3 is 2.68 bits per heavy atom. The number of fused-ring (bicyclic) bond motifs is 2. The fourth-order valence-electron chi connectivity index (χ4n) is 3.97. The van der Waals surface area contributed by atoms with Crippen molar-refractivity contribution in [2.45, 2.75) is 43.8 Å². The van der Waals surface area contributed by atoms with Gasteiger partial charge in [0.1, 0.15) is 11.5 Å². The fourth-order valence-corrected chi connectivity index (χ4v) is 3.97. The van der Waals surface area contributed by atoms with Crippen LogP contribution in [0, 0.1) is 11.3 Å². The molecule has 0 aromatic carbocycles. The minimum absolute atomic E-state index is 0.127. The third-order valence-corrected chi connectivity index (χ3v) is 5.00. The van der Waals surface area contributed by atoms with E-state index in [0.29, 0.717) is 23.3 Å². The molecule has 1 N–H and O–H groups in total. The summed E-state index contributed by atoms with van der Waals surface area (Å²) in [6.07, 6.45) is 10.2. The predicted octanol–water partition coefficient (Wildman–Crippen LogP) is 1.67. The molecule has 1 amide bonds. The molecule has 2 aliphatic rings. The molecule has 25 heavy (non-hydrogen) atoms. The first-order chi connectivity index (χ1) is 12.2. The van der Waals surface area contributed by atoms with Gasteiger partial charge in [0.05, 0.1) is 17.8 Å². The second-order valence-corrected chi connectivity index (χ2v) is 6.54. The number of nitrogens with one attached hydrogen (secondary N) is 1. The van der Waals surface area contributed by atoms with E-state index in [2.05, 4.69) is 31.2 Å². The van der Waals surface area contributed by atoms with Crippen molar-refractivity contribution in [2.75, 3.05) is 4.90 Å². The highest BCUT2D eigenvalue weighted by atomic mass is 16.1. The summed E-state index contributed by atoms with van der Waals surface area (Å²) in [7, 11) is 0. The zero-order chi connectivity index (χ0) is 17.2. The number of carbonyl (C=O) groups is 1. The van der Waals surface area contributed by atoms with E-state index < -0.39 is 0 Å². The van der Waals surface area contributed by atoms with E-state index in [1.54, 1.807) is 18.5 Å². The van der Waals surface area contributed by atoms with Gasteiger partial charge in [-0.1, -0.05) is 0 Å². The van der Waals surface area contributed by atoms with E-state index >= 15 is 0 Å². The molecule has 2 fully saturated rings. The number of hydrogen-bond donors (Lipinski definition) is 1. The van der Waals surface area contributed by atoms with E-state index in [9.17, 15) is 4.79 Å². The second-order valence-electron chi connectivity index (χ2n) is 6.54. The third-order valence-electron chi connectivity index (χ3n) is 5.00. The van der Waals surface area contributed by atoms with Crippen molar-refractivity contribution < 1.29 is 4.79 Å². The highest BCUT2D eigenvalue weighted by molar-refractivity contribution is 5.92. The molecule has 2 aromatic rings. The van der Waals surface area contributed by atoms with E-state index in [0.717, 1.165) is 31.5 Å². The van der Waals surface area contributed by atoms with Crippen molar-refractivity contribution >= 4 is 11.7 Å². The van der Waals surface area contributed by atoms with E-state index in [1.165, 1.54) is 12.4 Å². The summed E-state index contributed by atoms with van der Waals surface area (Å²) in [5.41, 5.74) is 0.975. The molecule has 2 unspecified atom stereocenters. The highest BCUT2D eigenvalue weighted by Gasteiger charge is 2.41. The van der Waals surface area contributed by atoms with Gasteiger partial charge in [-0.15, -0.1) is 0 Å². The molecule has 7 nitrogen and oxygen atoms in total. The van der Waals surface area contributed by atoms with Gasteiger partial charge in [0.25, 0.3) is 5.91 Å². The van der Waals surface area contributed by atoms with Gasteiger partial charge in [0, 0.05) is 36.7 Å². The molecule has 2 saturated heterocycles. The van der Waals surface area contributed by atoms with Crippen LogP contribution in [0.15, 0.2) is 36.9 Å². The van der Waals surface area contributed by atoms with Gasteiger partial charge >= 0.3 is 0 Å². The largest absolute Gasteiger partial charge is 0.350 e. The van der Waals surface area contributed by atoms with Crippen molar-refractivity contribution in [3.63, 3.8) is 0 Å². The summed E-state index contributed by atoms with van der Waals surface area (Å²) in [6.45, 7) is 0. The summed E-state index contributed by atoms with van der Waals surface area (Å²) in [5.74, 6) is 0.695. The van der Waals surface area contributed by atoms with Gasteiger partial charge in [-0.2, -0.15) is 5.26 Å². The van der Waals surface area contributed by atoms with Crippen molar-refractivity contribution in [1.82, 2.24) is 20.3 Å². The monoisotopic (exact) mass is 334 g/mol. The Bertz CT molecular complexity index is 804. The predicted molar refractivity (Wildman–Crippen MR) is 90.8 cm³/mol. The number of hydrogen-bond acceptors (Lipinski definition) is 6. The summed E-state index contributed by atoms with van der Waals surface area (Å²) in [4.78, 5) is 27.1. The van der Waals surface area contributed by atoms with Gasteiger partial charge in [-0.05, 0) is 37.8 Å². The fraction of sp³-hybridized carbons (Fsp3) is 0.389. The standard InChI is InChI=1S/C18H18N6O/c19-10-12-3-4-22-17(7-12)24-14-1-2-15(24)9-13(8-14)23-18(25)16-11-20-5-6-21-16/h3-7,11,13-15H,1-2,8-9H2,(H,23,25). The summed E-state index contributed by atoms with van der Waals surface area (Å²) in [6, 6.07) is 6.55. The number of aromatic nitrogens is 3. The quantitative estimate of drug-likeness (QED) is 0.917. The molecule has 0 aliphatic carbocycles. The molecule has 0 radical (unpaired) electrons. The molecule has 2 aliphatic heterocycles. The first-order valence-electron chi connectivity index (χ1n) is 8.46. The van der Waals surface area contributed by atoms with Crippen LogP contribution in [0.2, 0.25) is 0 Å². The first-order valence-corrected chi connectivity index (χ1v) is 8.46. The Balaban J connectivity index is 1.47. The van der Waals surface area contributed by atoms with Crippen molar-refractivity contribution in [3.05, 3.63) is 48.2 Å². The van der Waals surface area contributed by atoms with Gasteiger partial charge in [-0.3, -0.25) is 9.78 Å². The molecule has 7 heteroatoms. The molecular formula is C18H18N6O. The molecule has 0 saturated carbocycles. The Kier molecular flexibility index (Phi) is 4.02. The SMILES string of the molecule is N#Cc1ccnc(N2C3CCC2CC(NC(=O)c2cnccn2)C3)c1. The van der Waals surface area contributed by atoms with Crippen LogP contribution in [0.3, 0.4) is 0 Å². The van der Waals surface area contributed by atoms with Crippen LogP contribution in [0.4, 0.5) is 5.82 Å². The Hall–Kier alpha value is -3.01. The summed E-state index contributed by atoms with van der Waals surface area (Å²) < 4.78 is 0. The van der Waals surface area contributed by atoms with Crippen LogP contribution in [0.1, 0.15) is 41.7 Å². The van der Waals surface area contributed by atoms with E-state index in [-0.39, 0.29) is 11.9 Å². The molecule has 0 spiro atoms. The van der Waals surface area contributed by atoms with Crippen molar-refractivity contribution in [3.8, 4) is 6.07 Å². The number of nitrogens with zero attached hydrogens (tertiary/aromatic N) is 5. The van der Waals surface area contributed by atoms with Gasteiger partial charge in [0.15, 0.2) is 0 Å². The normalized spacial score (nSPS) is 24.6. The number of pyridine rings is 1. The molecule has 4 rings (SSSR count). The van der Waals surface area contributed by atoms with Crippen LogP contribution in [0.25, 0.3) is 0 Å². The highest BCUT2D eigenvalue weighted by Crippen LogP contribution is 2.38. The third kappa shape index (κ3) is 3.03. The summed E-state index contributed by atoms with van der Waals surface area (Å²) >= 11 is 0. The van der Waals surface area contributed by atoms with Crippen LogP contribution < -0.4 is 10.2 Å². The molecule has 126 valence electrons.